The number of benzene rings is 1. The van der Waals surface area contributed by atoms with Gasteiger partial charge in [0.05, 0.1) is 0 Å². The molecule has 0 unspecified atom stereocenters. The average Bonchev–Trinajstić information content (AvgIpc) is 2.78. The number of aryl methyl sites for hydroxylation is 1. The number of aromatic nitrogens is 2. The molecule has 0 aliphatic rings. The van der Waals surface area contributed by atoms with Gasteiger partial charge in [0, 0.05) is 30.1 Å². The van der Waals surface area contributed by atoms with Crippen LogP contribution in [0.25, 0.3) is 0 Å². The van der Waals surface area contributed by atoms with Crippen LogP contribution in [0.2, 0.25) is 0 Å². The third-order valence-electron chi connectivity index (χ3n) is 2.31. The molecule has 0 bridgehead atoms. The quantitative estimate of drug-likeness (QED) is 0.885. The van der Waals surface area contributed by atoms with Crippen molar-refractivity contribution in [3.63, 3.8) is 0 Å². The lowest BCUT2D eigenvalue weighted by atomic mass is 10.2. The van der Waals surface area contributed by atoms with Crippen molar-refractivity contribution in [2.45, 2.75) is 26.3 Å². The molecular weight excluding hydrogens is 234 g/mol. The van der Waals surface area contributed by atoms with Crippen LogP contribution in [0.5, 0.6) is 10.9 Å². The Morgan fingerprint density at radius 1 is 1.35 bits per heavy atom. The van der Waals surface area contributed by atoms with Crippen molar-refractivity contribution < 1.29 is 4.74 Å². The van der Waals surface area contributed by atoms with Crippen LogP contribution in [-0.2, 0) is 13.0 Å². The van der Waals surface area contributed by atoms with Gasteiger partial charge in [0.25, 0.3) is 5.19 Å². The van der Waals surface area contributed by atoms with E-state index in [0.29, 0.717) is 11.7 Å². The van der Waals surface area contributed by atoms with Crippen molar-refractivity contribution in [3.05, 3.63) is 35.7 Å². The molecule has 2 aromatic rings. The van der Waals surface area contributed by atoms with E-state index in [4.69, 9.17) is 10.5 Å². The van der Waals surface area contributed by atoms with Crippen LogP contribution >= 0.6 is 11.5 Å². The largest absolute Gasteiger partial charge is 0.430 e. The Kier molecular flexibility index (Phi) is 4.06. The molecular formula is C12H15N3OS. The van der Waals surface area contributed by atoms with E-state index >= 15 is 0 Å². The SMILES string of the molecule is CCCc1nsc(Oc2ccccc2CN)n1. The van der Waals surface area contributed by atoms with Crippen LogP contribution in [0.1, 0.15) is 24.7 Å². The molecule has 2 rings (SSSR count). The molecule has 0 radical (unpaired) electrons. The molecule has 0 atom stereocenters. The number of hydrogen-bond donors (Lipinski definition) is 1. The highest BCUT2D eigenvalue weighted by molar-refractivity contribution is 7.07. The summed E-state index contributed by atoms with van der Waals surface area (Å²) in [5, 5.41) is 0.578. The molecule has 90 valence electrons. The fourth-order valence-electron chi connectivity index (χ4n) is 1.47. The summed E-state index contributed by atoms with van der Waals surface area (Å²) in [6.07, 6.45) is 1.92. The Hall–Kier alpha value is -1.46. The summed E-state index contributed by atoms with van der Waals surface area (Å²) >= 11 is 1.28. The van der Waals surface area contributed by atoms with Crippen LogP contribution in [0.4, 0.5) is 0 Å². The third-order valence-corrected chi connectivity index (χ3v) is 2.95. The Morgan fingerprint density at radius 3 is 2.94 bits per heavy atom. The highest BCUT2D eigenvalue weighted by atomic mass is 32.1. The predicted octanol–water partition coefficient (Wildman–Crippen LogP) is 2.74. The van der Waals surface area contributed by atoms with E-state index < -0.39 is 0 Å². The van der Waals surface area contributed by atoms with Gasteiger partial charge < -0.3 is 10.5 Å². The van der Waals surface area contributed by atoms with E-state index in [1.165, 1.54) is 11.5 Å². The van der Waals surface area contributed by atoms with E-state index in [2.05, 4.69) is 16.3 Å². The van der Waals surface area contributed by atoms with Crippen LogP contribution in [-0.4, -0.2) is 9.36 Å². The summed E-state index contributed by atoms with van der Waals surface area (Å²) in [6, 6.07) is 7.70. The molecule has 0 aliphatic carbocycles. The molecule has 1 aromatic heterocycles. The normalized spacial score (nSPS) is 10.5. The Labute approximate surface area is 105 Å². The molecule has 0 saturated carbocycles. The molecule has 1 heterocycles. The molecule has 0 amide bonds. The van der Waals surface area contributed by atoms with Crippen molar-refractivity contribution in [1.29, 1.82) is 0 Å². The van der Waals surface area contributed by atoms with Crippen LogP contribution < -0.4 is 10.5 Å². The molecule has 0 saturated heterocycles. The fraction of sp³-hybridized carbons (Fsp3) is 0.333. The second kappa shape index (κ2) is 5.75. The zero-order valence-corrected chi connectivity index (χ0v) is 10.5. The van der Waals surface area contributed by atoms with E-state index in [9.17, 15) is 0 Å². The predicted molar refractivity (Wildman–Crippen MR) is 68.3 cm³/mol. The minimum atomic E-state index is 0.455. The molecule has 17 heavy (non-hydrogen) atoms. The summed E-state index contributed by atoms with van der Waals surface area (Å²) in [5.41, 5.74) is 6.62. The number of para-hydroxylation sites is 1. The first kappa shape index (κ1) is 12.0. The fourth-order valence-corrected chi connectivity index (χ4v) is 2.06. The van der Waals surface area contributed by atoms with Crippen LogP contribution in [0, 0.1) is 0 Å². The topological polar surface area (TPSA) is 61.0 Å². The first-order chi connectivity index (χ1) is 8.33. The first-order valence-corrected chi connectivity index (χ1v) is 6.39. The summed E-state index contributed by atoms with van der Waals surface area (Å²) in [6.45, 7) is 2.56. The number of rotatable bonds is 5. The maximum absolute atomic E-state index is 5.69. The maximum atomic E-state index is 5.69. The van der Waals surface area contributed by atoms with Gasteiger partial charge in [0.15, 0.2) is 0 Å². The van der Waals surface area contributed by atoms with Gasteiger partial charge in [0.1, 0.15) is 11.6 Å². The lowest BCUT2D eigenvalue weighted by Crippen LogP contribution is -1.98. The molecule has 4 nitrogen and oxygen atoms in total. The Morgan fingerprint density at radius 2 is 2.18 bits per heavy atom. The van der Waals surface area contributed by atoms with Crippen molar-refractivity contribution in [3.8, 4) is 10.9 Å². The number of nitrogens with zero attached hydrogens (tertiary/aromatic N) is 2. The van der Waals surface area contributed by atoms with Crippen molar-refractivity contribution >= 4 is 11.5 Å². The highest BCUT2D eigenvalue weighted by Gasteiger charge is 2.07. The average molecular weight is 249 g/mol. The third kappa shape index (κ3) is 3.01. The van der Waals surface area contributed by atoms with E-state index in [0.717, 1.165) is 30.0 Å². The van der Waals surface area contributed by atoms with Crippen LogP contribution in [0.15, 0.2) is 24.3 Å². The molecule has 0 aliphatic heterocycles. The molecule has 5 heteroatoms. The van der Waals surface area contributed by atoms with Crippen molar-refractivity contribution in [2.24, 2.45) is 5.73 Å². The zero-order valence-electron chi connectivity index (χ0n) is 9.72. The van der Waals surface area contributed by atoms with Crippen molar-refractivity contribution in [1.82, 2.24) is 9.36 Å². The van der Waals surface area contributed by atoms with E-state index in [1.807, 2.05) is 24.3 Å². The van der Waals surface area contributed by atoms with Gasteiger partial charge in [-0.3, -0.25) is 0 Å². The van der Waals surface area contributed by atoms with E-state index in [1.54, 1.807) is 0 Å². The van der Waals surface area contributed by atoms with Gasteiger partial charge >= 0.3 is 0 Å². The van der Waals surface area contributed by atoms with Gasteiger partial charge in [-0.25, -0.2) is 0 Å². The standard InChI is InChI=1S/C12H15N3OS/c1-2-5-11-14-12(17-15-11)16-10-7-4-3-6-9(10)8-13/h3-4,6-7H,2,5,8,13H2,1H3. The van der Waals surface area contributed by atoms with Crippen LogP contribution in [0.3, 0.4) is 0 Å². The Bertz CT molecular complexity index is 484. The number of nitrogens with two attached hydrogens (primary N) is 1. The smallest absolute Gasteiger partial charge is 0.298 e. The molecule has 2 N–H and O–H groups in total. The first-order valence-electron chi connectivity index (χ1n) is 5.62. The second-order valence-electron chi connectivity index (χ2n) is 3.64. The van der Waals surface area contributed by atoms with Gasteiger partial charge in [-0.2, -0.15) is 9.36 Å². The van der Waals surface area contributed by atoms with Crippen molar-refractivity contribution in [2.75, 3.05) is 0 Å². The summed E-state index contributed by atoms with van der Waals surface area (Å²) in [5.74, 6) is 1.60. The summed E-state index contributed by atoms with van der Waals surface area (Å²) in [7, 11) is 0. The second-order valence-corrected chi connectivity index (χ2v) is 4.35. The number of ether oxygens (including phenoxy) is 1. The van der Waals surface area contributed by atoms with E-state index in [-0.39, 0.29) is 0 Å². The van der Waals surface area contributed by atoms with Gasteiger partial charge in [-0.15, -0.1) is 0 Å². The molecule has 1 aromatic carbocycles. The molecule has 0 spiro atoms. The number of hydrogen-bond acceptors (Lipinski definition) is 5. The van der Waals surface area contributed by atoms with Gasteiger partial charge in [-0.1, -0.05) is 25.1 Å². The van der Waals surface area contributed by atoms with Gasteiger partial charge in [-0.05, 0) is 12.5 Å². The zero-order chi connectivity index (χ0) is 12.1. The lowest BCUT2D eigenvalue weighted by molar-refractivity contribution is 0.471. The van der Waals surface area contributed by atoms with Gasteiger partial charge in [0.2, 0.25) is 0 Å². The summed E-state index contributed by atoms with van der Waals surface area (Å²) in [4.78, 5) is 4.32. The Balaban J connectivity index is 2.13. The lowest BCUT2D eigenvalue weighted by Gasteiger charge is -2.05. The minimum absolute atomic E-state index is 0.455. The maximum Gasteiger partial charge on any atom is 0.298 e. The monoisotopic (exact) mass is 249 g/mol. The highest BCUT2D eigenvalue weighted by Crippen LogP contribution is 2.26. The molecule has 0 fully saturated rings. The summed E-state index contributed by atoms with van der Waals surface area (Å²) < 4.78 is 9.92. The minimum Gasteiger partial charge on any atom is -0.430 e.